The van der Waals surface area contributed by atoms with Crippen LogP contribution in [0.2, 0.25) is 0 Å². The zero-order valence-electron chi connectivity index (χ0n) is 61.8. The third-order valence-corrected chi connectivity index (χ3v) is 17.1. The molecule has 606 valence electrons. The summed E-state index contributed by atoms with van der Waals surface area (Å²) in [6, 6.07) is -3.32. The molecule has 0 aromatic rings. The molecule has 0 radical (unpaired) electrons. The van der Waals surface area contributed by atoms with Crippen molar-refractivity contribution in [2.24, 2.45) is 0 Å². The Morgan fingerprint density at radius 1 is 0.356 bits per heavy atom. The molecule has 3 rings (SSSR count). The number of carbonyl (C=O) groups excluding carboxylic acids is 8. The van der Waals surface area contributed by atoms with Crippen LogP contribution in [-0.2, 0) is 99.9 Å². The van der Waals surface area contributed by atoms with Crippen LogP contribution in [-0.4, -0.2) is 329 Å². The van der Waals surface area contributed by atoms with Gasteiger partial charge in [-0.3, -0.25) is 38.4 Å². The Morgan fingerprint density at radius 3 is 1.07 bits per heavy atom. The number of methoxy groups -OCH3 is 1. The maximum absolute atomic E-state index is 14.0. The van der Waals surface area contributed by atoms with Gasteiger partial charge in [-0.25, -0.2) is 0 Å². The van der Waals surface area contributed by atoms with Gasteiger partial charge >= 0.3 is 0 Å². The lowest BCUT2D eigenvalue weighted by molar-refractivity contribution is -0.272. The average Bonchev–Trinajstić information content (AvgIpc) is 0.832. The van der Waals surface area contributed by atoms with Crippen molar-refractivity contribution in [1.29, 1.82) is 0 Å². The van der Waals surface area contributed by atoms with E-state index in [9.17, 15) is 84.3 Å². The molecule has 0 aromatic carbocycles. The first-order chi connectivity index (χ1) is 50.0. The van der Waals surface area contributed by atoms with E-state index < -0.39 is 147 Å². The number of aliphatic hydroxyl groups is 9. The van der Waals surface area contributed by atoms with Crippen molar-refractivity contribution in [2.45, 2.75) is 254 Å². The number of hydrogen-bond donors (Lipinski definition) is 14. The molecule has 5 amide bonds. The number of unbranched alkanes of at least 4 members (excludes halogenated alkanes) is 4. The van der Waals surface area contributed by atoms with Crippen LogP contribution in [0.1, 0.15) is 157 Å². The monoisotopic (exact) mass is 1500 g/mol. The second-order valence-electron chi connectivity index (χ2n) is 25.5. The van der Waals surface area contributed by atoms with Crippen LogP contribution in [0.15, 0.2) is 0 Å². The van der Waals surface area contributed by atoms with Crippen LogP contribution >= 0.6 is 0 Å². The Bertz CT molecular complexity index is 2150. The molecule has 3 aliphatic heterocycles. The Labute approximate surface area is 610 Å². The number of aliphatic hydroxyl groups excluding tert-OH is 9. The molecule has 15 unspecified atom stereocenters. The molecule has 0 aliphatic carbocycles. The molecule has 15 atom stereocenters. The fourth-order valence-corrected chi connectivity index (χ4v) is 11.5. The fraction of sp³-hybridized carbons (Fsp3) is 0.884. The van der Waals surface area contributed by atoms with Gasteiger partial charge in [-0.2, -0.15) is 0 Å². The molecule has 3 saturated heterocycles. The molecule has 0 spiro atoms. The van der Waals surface area contributed by atoms with Gasteiger partial charge in [0, 0.05) is 111 Å². The van der Waals surface area contributed by atoms with E-state index in [-0.39, 0.29) is 194 Å². The summed E-state index contributed by atoms with van der Waals surface area (Å²) in [7, 11) is 1.66. The van der Waals surface area contributed by atoms with Crippen LogP contribution in [0.5, 0.6) is 0 Å². The van der Waals surface area contributed by atoms with Crippen LogP contribution in [0.4, 0.5) is 0 Å². The molecule has 35 heteroatoms. The summed E-state index contributed by atoms with van der Waals surface area (Å²) in [6.07, 6.45) is -9.49. The Morgan fingerprint density at radius 2 is 0.683 bits per heavy atom. The lowest BCUT2D eigenvalue weighted by Gasteiger charge is -2.42. The number of rotatable bonds is 60. The minimum Gasteiger partial charge on any atom is -0.394 e. The highest BCUT2D eigenvalue weighted by Gasteiger charge is 2.48. The average molecular weight is 1500 g/mol. The zero-order chi connectivity index (χ0) is 77.1. The summed E-state index contributed by atoms with van der Waals surface area (Å²) in [6.45, 7) is 8.05. The van der Waals surface area contributed by atoms with Crippen LogP contribution in [0.3, 0.4) is 0 Å². The van der Waals surface area contributed by atoms with Gasteiger partial charge in [0.15, 0.2) is 18.9 Å². The molecule has 0 saturated carbocycles. The topological polar surface area (TPSA) is 499 Å². The Hall–Kier alpha value is -4.52. The maximum Gasteiger partial charge on any atom is 0.220 e. The van der Waals surface area contributed by atoms with Gasteiger partial charge < -0.3 is 134 Å². The second-order valence-corrected chi connectivity index (χ2v) is 25.5. The van der Waals surface area contributed by atoms with E-state index >= 15 is 0 Å². The minimum atomic E-state index is -1.47. The third kappa shape index (κ3) is 40.1. The minimum absolute atomic E-state index is 0.0224. The molecule has 0 aromatic heterocycles. The standard InChI is InChI=1S/C67H119N5O30.C2H6/c1-44(76)69-55-61(87)58(84)50(41-73)100-64(55)97-38-35-94-32-29-91-26-11-15-48(80)18-21-67(72-54(83)17-10-14-47(79)13-8-6-5-7-9-25-90-4,22-19-49(81)16-12-27-92-30-33-95-36-39-98-65-56(70-45(2)77)62(88)59(85)51(42-74)101-65)23-20-53(82)68-24-28-93-31-34-96-37-40-99-66-57(71-46(3)78)63(89)60(86)52(43-75)102-66;1-2/h50-52,55-66,73-75,84-89H,5-43H2,1-4H3,(H,68,82)(H,69,76)(H,70,77)(H,71,78)(H,72,83);1-2H3. The SMILES string of the molecule is CC.COCCCCCCCC(=O)CCCC(=O)NC(CCC(=O)CCCOCCOCCOC1OC(CO)C(O)C(O)C1NC(C)=O)(CCC(=O)CCCOCCOCCOC1OC(CO)C(O)C(O)C1NC(C)=O)CCC(=O)NCCOCCOCCOC1OC(CO)C(O)C(O)C1NC(C)=O. The number of ether oxygens (including phenoxy) is 13. The van der Waals surface area contributed by atoms with E-state index in [1.54, 1.807) is 7.11 Å². The van der Waals surface area contributed by atoms with Crippen molar-refractivity contribution in [2.75, 3.05) is 139 Å². The second kappa shape index (κ2) is 57.6. The summed E-state index contributed by atoms with van der Waals surface area (Å²) in [5.41, 5.74) is -1.22. The highest BCUT2D eigenvalue weighted by molar-refractivity contribution is 5.82. The van der Waals surface area contributed by atoms with Gasteiger partial charge in [0.1, 0.15) is 90.4 Å². The molecule has 35 nitrogen and oxygen atoms in total. The maximum atomic E-state index is 14.0. The van der Waals surface area contributed by atoms with Crippen LogP contribution < -0.4 is 26.6 Å². The van der Waals surface area contributed by atoms with E-state index in [0.29, 0.717) is 25.9 Å². The zero-order valence-corrected chi connectivity index (χ0v) is 61.8. The highest BCUT2D eigenvalue weighted by atomic mass is 16.7. The summed E-state index contributed by atoms with van der Waals surface area (Å²) in [5, 5.41) is 104. The molecule has 14 N–H and O–H groups in total. The quantitative estimate of drug-likeness (QED) is 0.0286. The highest BCUT2D eigenvalue weighted by Crippen LogP contribution is 2.29. The van der Waals surface area contributed by atoms with Crippen LogP contribution in [0.25, 0.3) is 0 Å². The molecule has 3 aliphatic rings. The number of amides is 5. The van der Waals surface area contributed by atoms with Gasteiger partial charge in [0.25, 0.3) is 0 Å². The molecular weight excluding hydrogens is 1380 g/mol. The smallest absolute Gasteiger partial charge is 0.220 e. The van der Waals surface area contributed by atoms with Crippen molar-refractivity contribution >= 4 is 46.9 Å². The number of nitrogens with one attached hydrogen (secondary N) is 5. The van der Waals surface area contributed by atoms with Crippen molar-refractivity contribution in [3.63, 3.8) is 0 Å². The molecule has 3 fully saturated rings. The first kappa shape index (κ1) is 95.6. The third-order valence-electron chi connectivity index (χ3n) is 17.1. The summed E-state index contributed by atoms with van der Waals surface area (Å²) < 4.78 is 72.6. The van der Waals surface area contributed by atoms with Gasteiger partial charge in [0.2, 0.25) is 29.5 Å². The number of hydrogen-bond acceptors (Lipinski definition) is 30. The predicted molar refractivity (Wildman–Crippen MR) is 369 cm³/mol. The fourth-order valence-electron chi connectivity index (χ4n) is 11.5. The van der Waals surface area contributed by atoms with Gasteiger partial charge in [-0.15, -0.1) is 0 Å². The molecular formula is C69H125N5O30. The van der Waals surface area contributed by atoms with E-state index in [1.165, 1.54) is 20.8 Å². The summed E-state index contributed by atoms with van der Waals surface area (Å²) in [5.74, 6) is -2.57. The largest absolute Gasteiger partial charge is 0.394 e. The van der Waals surface area contributed by atoms with E-state index in [0.717, 1.165) is 32.1 Å². The number of ketones is 3. The summed E-state index contributed by atoms with van der Waals surface area (Å²) in [4.78, 5) is 103. The normalized spacial score (nSPS) is 25.2. The molecule has 104 heavy (non-hydrogen) atoms. The Kier molecular flexibility index (Phi) is 52.9. The van der Waals surface area contributed by atoms with Gasteiger partial charge in [-0.1, -0.05) is 33.1 Å². The van der Waals surface area contributed by atoms with E-state index in [1.807, 2.05) is 13.8 Å². The van der Waals surface area contributed by atoms with E-state index in [2.05, 4.69) is 26.6 Å². The lowest BCUT2D eigenvalue weighted by atomic mass is 9.81. The van der Waals surface area contributed by atoms with Crippen LogP contribution in [0, 0.1) is 0 Å². The van der Waals surface area contributed by atoms with Crippen molar-refractivity contribution in [1.82, 2.24) is 26.6 Å². The predicted octanol–water partition coefficient (Wildman–Crippen LogP) is -2.27. The lowest BCUT2D eigenvalue weighted by Crippen LogP contribution is -2.64. The van der Waals surface area contributed by atoms with Crippen molar-refractivity contribution in [3.05, 3.63) is 0 Å². The number of Topliss-reactive ketones (excluding diaryl/α,β-unsaturated/α-hetero) is 3. The van der Waals surface area contributed by atoms with Gasteiger partial charge in [0.05, 0.1) is 106 Å². The first-order valence-corrected chi connectivity index (χ1v) is 36.6. The molecule has 3 heterocycles. The molecule has 0 bridgehead atoms. The first-order valence-electron chi connectivity index (χ1n) is 36.6. The summed E-state index contributed by atoms with van der Waals surface area (Å²) >= 11 is 0. The van der Waals surface area contributed by atoms with Crippen molar-refractivity contribution in [3.8, 4) is 0 Å². The Balaban J connectivity index is 0.0000182. The van der Waals surface area contributed by atoms with E-state index in [4.69, 9.17) is 61.6 Å². The van der Waals surface area contributed by atoms with Gasteiger partial charge in [-0.05, 0) is 51.4 Å². The van der Waals surface area contributed by atoms with Crippen molar-refractivity contribution < 1.29 is 146 Å². The number of carbonyl (C=O) groups is 8.